The zero-order valence-corrected chi connectivity index (χ0v) is 10.8. The third-order valence-electron chi connectivity index (χ3n) is 2.97. The maximum Gasteiger partial charge on any atom is 0.0577 e. The molecule has 1 N–H and O–H groups in total. The topological polar surface area (TPSA) is 12.0 Å². The lowest BCUT2D eigenvalue weighted by Crippen LogP contribution is -2.18. The third kappa shape index (κ3) is 2.68. The first kappa shape index (κ1) is 12.2. The number of benzene rings is 2. The summed E-state index contributed by atoms with van der Waals surface area (Å²) in [5.74, 6) is 0. The fourth-order valence-corrected chi connectivity index (χ4v) is 2.30. The Morgan fingerprint density at radius 1 is 1.06 bits per heavy atom. The highest BCUT2D eigenvalue weighted by Gasteiger charge is 2.13. The molecule has 17 heavy (non-hydrogen) atoms. The van der Waals surface area contributed by atoms with Crippen molar-refractivity contribution in [2.24, 2.45) is 0 Å². The second-order valence-electron chi connectivity index (χ2n) is 4.13. The Kier molecular flexibility index (Phi) is 3.82. The second-order valence-corrected chi connectivity index (χ2v) is 4.57. The predicted octanol–water partition coefficient (Wildman–Crippen LogP) is 3.96. The van der Waals surface area contributed by atoms with Crippen LogP contribution in [0.2, 0.25) is 5.02 Å². The predicted molar refractivity (Wildman–Crippen MR) is 73.5 cm³/mol. The maximum atomic E-state index is 6.05. The third-order valence-corrected chi connectivity index (χ3v) is 3.21. The zero-order chi connectivity index (χ0) is 12.3. The summed E-state index contributed by atoms with van der Waals surface area (Å²) in [6.07, 6.45) is 0. The molecular formula is C15H16ClN. The van der Waals surface area contributed by atoms with Crippen LogP contribution in [0.4, 0.5) is 0 Å². The van der Waals surface area contributed by atoms with Gasteiger partial charge < -0.3 is 5.32 Å². The van der Waals surface area contributed by atoms with Crippen molar-refractivity contribution in [3.05, 3.63) is 70.2 Å². The van der Waals surface area contributed by atoms with Crippen molar-refractivity contribution < 1.29 is 0 Å². The molecule has 0 saturated carbocycles. The molecule has 1 unspecified atom stereocenters. The Hall–Kier alpha value is -1.31. The van der Waals surface area contributed by atoms with Gasteiger partial charge in [-0.2, -0.15) is 0 Å². The van der Waals surface area contributed by atoms with Gasteiger partial charge in [-0.05, 0) is 42.8 Å². The smallest absolute Gasteiger partial charge is 0.0577 e. The molecule has 0 aromatic heterocycles. The van der Waals surface area contributed by atoms with Gasteiger partial charge in [0.15, 0.2) is 0 Å². The molecule has 0 spiro atoms. The first-order valence-electron chi connectivity index (χ1n) is 5.70. The molecule has 0 aliphatic heterocycles. The Balaban J connectivity index is 2.44. The van der Waals surface area contributed by atoms with Crippen LogP contribution in [0.25, 0.3) is 0 Å². The lowest BCUT2D eigenvalue weighted by molar-refractivity contribution is 0.687. The highest BCUT2D eigenvalue weighted by atomic mass is 35.5. The number of halogens is 1. The van der Waals surface area contributed by atoms with E-state index in [1.54, 1.807) is 0 Å². The van der Waals surface area contributed by atoms with Crippen LogP contribution in [-0.2, 0) is 0 Å². The summed E-state index contributed by atoms with van der Waals surface area (Å²) in [7, 11) is 1.97. The van der Waals surface area contributed by atoms with Gasteiger partial charge >= 0.3 is 0 Å². The summed E-state index contributed by atoms with van der Waals surface area (Å²) in [5, 5.41) is 4.12. The average Bonchev–Trinajstić information content (AvgIpc) is 2.33. The van der Waals surface area contributed by atoms with Crippen LogP contribution < -0.4 is 5.32 Å². The number of rotatable bonds is 3. The van der Waals surface area contributed by atoms with Crippen molar-refractivity contribution in [3.63, 3.8) is 0 Å². The molecule has 1 nitrogen and oxygen atoms in total. The molecule has 1 atom stereocenters. The molecule has 0 bridgehead atoms. The van der Waals surface area contributed by atoms with Crippen molar-refractivity contribution in [1.82, 2.24) is 5.32 Å². The number of hydrogen-bond acceptors (Lipinski definition) is 1. The molecule has 0 aliphatic carbocycles. The number of nitrogens with one attached hydrogen (secondary N) is 1. The molecule has 2 rings (SSSR count). The van der Waals surface area contributed by atoms with Crippen LogP contribution in [0.5, 0.6) is 0 Å². The lowest BCUT2D eigenvalue weighted by Gasteiger charge is -2.19. The van der Waals surface area contributed by atoms with E-state index in [-0.39, 0.29) is 6.04 Å². The van der Waals surface area contributed by atoms with Crippen molar-refractivity contribution >= 4 is 11.6 Å². The van der Waals surface area contributed by atoms with Crippen molar-refractivity contribution in [1.29, 1.82) is 0 Å². The van der Waals surface area contributed by atoms with E-state index in [1.165, 1.54) is 16.7 Å². The summed E-state index contributed by atoms with van der Waals surface area (Å²) >= 11 is 6.05. The van der Waals surface area contributed by atoms with E-state index in [0.29, 0.717) is 0 Å². The fourth-order valence-electron chi connectivity index (χ4n) is 2.10. The van der Waals surface area contributed by atoms with Gasteiger partial charge in [0.1, 0.15) is 0 Å². The number of aryl methyl sites for hydroxylation is 1. The summed E-state index contributed by atoms with van der Waals surface area (Å²) in [6.45, 7) is 2.13. The van der Waals surface area contributed by atoms with E-state index in [9.17, 15) is 0 Å². The van der Waals surface area contributed by atoms with Gasteiger partial charge in [0.25, 0.3) is 0 Å². The SMILES string of the molecule is CNC(c1cccc(Cl)c1)c1ccccc1C. The molecular weight excluding hydrogens is 230 g/mol. The molecule has 2 aromatic carbocycles. The van der Waals surface area contributed by atoms with E-state index in [1.807, 2.05) is 25.2 Å². The molecule has 0 heterocycles. The average molecular weight is 246 g/mol. The molecule has 0 fully saturated rings. The van der Waals surface area contributed by atoms with Gasteiger partial charge in [0.2, 0.25) is 0 Å². The summed E-state index contributed by atoms with van der Waals surface area (Å²) < 4.78 is 0. The molecule has 2 aromatic rings. The monoisotopic (exact) mass is 245 g/mol. The highest BCUT2D eigenvalue weighted by molar-refractivity contribution is 6.30. The van der Waals surface area contributed by atoms with E-state index < -0.39 is 0 Å². The van der Waals surface area contributed by atoms with Crippen LogP contribution >= 0.6 is 11.6 Å². The van der Waals surface area contributed by atoms with E-state index in [0.717, 1.165) is 5.02 Å². The highest BCUT2D eigenvalue weighted by Crippen LogP contribution is 2.26. The molecule has 0 aliphatic rings. The Morgan fingerprint density at radius 3 is 2.47 bits per heavy atom. The first-order valence-corrected chi connectivity index (χ1v) is 6.08. The minimum atomic E-state index is 0.190. The molecule has 0 saturated heterocycles. The van der Waals surface area contributed by atoms with Crippen molar-refractivity contribution in [2.75, 3.05) is 7.05 Å². The van der Waals surface area contributed by atoms with Gasteiger partial charge in [-0.1, -0.05) is 48.0 Å². The summed E-state index contributed by atoms with van der Waals surface area (Å²) in [5.41, 5.74) is 3.76. The number of hydrogen-bond donors (Lipinski definition) is 1. The van der Waals surface area contributed by atoms with Crippen molar-refractivity contribution in [3.8, 4) is 0 Å². The van der Waals surface area contributed by atoms with Gasteiger partial charge in [-0.25, -0.2) is 0 Å². The molecule has 0 radical (unpaired) electrons. The van der Waals surface area contributed by atoms with Crippen LogP contribution in [0.15, 0.2) is 48.5 Å². The van der Waals surface area contributed by atoms with E-state index in [2.05, 4.69) is 42.6 Å². The quantitative estimate of drug-likeness (QED) is 0.863. The summed E-state index contributed by atoms with van der Waals surface area (Å²) in [4.78, 5) is 0. The first-order chi connectivity index (χ1) is 8.22. The normalized spacial score (nSPS) is 12.4. The van der Waals surface area contributed by atoms with Crippen LogP contribution in [0.3, 0.4) is 0 Å². The molecule has 2 heteroatoms. The Morgan fingerprint density at radius 2 is 1.82 bits per heavy atom. The second kappa shape index (κ2) is 5.35. The van der Waals surface area contributed by atoms with Crippen LogP contribution in [0, 0.1) is 6.92 Å². The van der Waals surface area contributed by atoms with Crippen LogP contribution in [-0.4, -0.2) is 7.05 Å². The maximum absolute atomic E-state index is 6.05. The van der Waals surface area contributed by atoms with Gasteiger partial charge in [-0.3, -0.25) is 0 Å². The zero-order valence-electron chi connectivity index (χ0n) is 10.1. The van der Waals surface area contributed by atoms with E-state index in [4.69, 9.17) is 11.6 Å². The van der Waals surface area contributed by atoms with Crippen LogP contribution in [0.1, 0.15) is 22.7 Å². The van der Waals surface area contributed by atoms with E-state index >= 15 is 0 Å². The molecule has 0 amide bonds. The van der Waals surface area contributed by atoms with Gasteiger partial charge in [-0.15, -0.1) is 0 Å². The summed E-state index contributed by atoms with van der Waals surface area (Å²) in [6, 6.07) is 16.6. The minimum Gasteiger partial charge on any atom is -0.309 e. The lowest BCUT2D eigenvalue weighted by atomic mass is 9.95. The Labute approximate surface area is 107 Å². The fraction of sp³-hybridized carbons (Fsp3) is 0.200. The Bertz CT molecular complexity index is 508. The van der Waals surface area contributed by atoms with Gasteiger partial charge in [0.05, 0.1) is 6.04 Å². The largest absolute Gasteiger partial charge is 0.309 e. The van der Waals surface area contributed by atoms with Crippen molar-refractivity contribution in [2.45, 2.75) is 13.0 Å². The standard InChI is InChI=1S/C15H16ClN/c1-11-6-3-4-9-14(11)15(17-2)12-7-5-8-13(16)10-12/h3-10,15,17H,1-2H3. The minimum absolute atomic E-state index is 0.190. The molecule has 88 valence electrons. The van der Waals surface area contributed by atoms with Gasteiger partial charge in [0, 0.05) is 5.02 Å².